The van der Waals surface area contributed by atoms with Gasteiger partial charge in [0.15, 0.2) is 0 Å². The van der Waals surface area contributed by atoms with E-state index in [1.54, 1.807) is 0 Å². The van der Waals surface area contributed by atoms with Gasteiger partial charge in [-0.3, -0.25) is 9.59 Å². The third kappa shape index (κ3) is 2.05. The Hall–Kier alpha value is -2.94. The molecule has 0 N–H and O–H groups in total. The van der Waals surface area contributed by atoms with Gasteiger partial charge in [-0.1, -0.05) is 66.7 Å². The molecular formula is C25H21NO2. The van der Waals surface area contributed by atoms with E-state index in [1.807, 2.05) is 48.5 Å². The van der Waals surface area contributed by atoms with Crippen LogP contribution in [0.25, 0.3) is 10.8 Å². The molecule has 138 valence electrons. The van der Waals surface area contributed by atoms with E-state index in [4.69, 9.17) is 0 Å². The summed E-state index contributed by atoms with van der Waals surface area (Å²) in [5.74, 6) is 0.763. The molecule has 0 unspecified atom stereocenters. The van der Waals surface area contributed by atoms with E-state index >= 15 is 0 Å². The number of fused-ring (bicyclic) bond motifs is 6. The highest BCUT2D eigenvalue weighted by atomic mass is 16.2. The molecule has 3 fully saturated rings. The number of amides is 2. The Morgan fingerprint density at radius 3 is 2.29 bits per heavy atom. The van der Waals surface area contributed by atoms with Gasteiger partial charge in [-0.2, -0.15) is 0 Å². The van der Waals surface area contributed by atoms with E-state index in [0.717, 1.165) is 29.3 Å². The van der Waals surface area contributed by atoms with Gasteiger partial charge < -0.3 is 0 Å². The largest absolute Gasteiger partial charge is 0.274 e. The van der Waals surface area contributed by atoms with Crippen LogP contribution in [0.2, 0.25) is 0 Å². The fraction of sp³-hybridized carbons (Fsp3) is 0.280. The lowest BCUT2D eigenvalue weighted by molar-refractivity contribution is -0.123. The molecule has 3 aliphatic rings. The first-order valence-electron chi connectivity index (χ1n) is 10.1. The molecule has 5 atom stereocenters. The summed E-state index contributed by atoms with van der Waals surface area (Å²) < 4.78 is 0. The number of hydrogen-bond donors (Lipinski definition) is 0. The molecule has 28 heavy (non-hydrogen) atoms. The van der Waals surface area contributed by atoms with Crippen molar-refractivity contribution < 1.29 is 9.59 Å². The molecule has 2 amide bonds. The topological polar surface area (TPSA) is 37.4 Å². The van der Waals surface area contributed by atoms with E-state index < -0.39 is 0 Å². The summed E-state index contributed by atoms with van der Waals surface area (Å²) in [6.45, 7) is 0. The molecule has 1 aliphatic heterocycles. The second kappa shape index (κ2) is 5.78. The molecular weight excluding hydrogens is 346 g/mol. The van der Waals surface area contributed by atoms with Crippen molar-refractivity contribution in [2.24, 2.45) is 23.7 Å². The molecule has 3 heteroatoms. The van der Waals surface area contributed by atoms with Crippen LogP contribution in [-0.2, 0) is 9.59 Å². The lowest BCUT2D eigenvalue weighted by Crippen LogP contribution is -2.33. The number of carbonyl (C=O) groups excluding carboxylic acids is 2. The zero-order chi connectivity index (χ0) is 18.8. The van der Waals surface area contributed by atoms with Crippen LogP contribution < -0.4 is 4.90 Å². The van der Waals surface area contributed by atoms with Gasteiger partial charge in [0.25, 0.3) is 0 Å². The average molecular weight is 367 g/mol. The number of imide groups is 1. The highest BCUT2D eigenvalue weighted by molar-refractivity contribution is 6.25. The van der Waals surface area contributed by atoms with Crippen molar-refractivity contribution in [3.63, 3.8) is 0 Å². The third-order valence-corrected chi connectivity index (χ3v) is 7.25. The van der Waals surface area contributed by atoms with Crippen molar-refractivity contribution in [3.05, 3.63) is 78.4 Å². The first-order valence-corrected chi connectivity index (χ1v) is 10.1. The van der Waals surface area contributed by atoms with Gasteiger partial charge in [0, 0.05) is 5.39 Å². The summed E-state index contributed by atoms with van der Waals surface area (Å²) in [6, 6.07) is 24.4. The molecule has 2 saturated carbocycles. The molecule has 3 nitrogen and oxygen atoms in total. The Morgan fingerprint density at radius 2 is 1.43 bits per heavy atom. The van der Waals surface area contributed by atoms with Crippen LogP contribution in [0.15, 0.2) is 72.8 Å². The lowest BCUT2D eigenvalue weighted by Gasteiger charge is -2.28. The normalized spacial score (nSPS) is 31.0. The Morgan fingerprint density at radius 1 is 0.714 bits per heavy atom. The van der Waals surface area contributed by atoms with Crippen molar-refractivity contribution >= 4 is 28.3 Å². The molecule has 1 heterocycles. The van der Waals surface area contributed by atoms with E-state index in [2.05, 4.69) is 24.3 Å². The number of carbonyl (C=O) groups is 2. The van der Waals surface area contributed by atoms with Crippen LogP contribution in [0.3, 0.4) is 0 Å². The maximum Gasteiger partial charge on any atom is 0.238 e. The molecule has 1 saturated heterocycles. The first kappa shape index (κ1) is 16.1. The van der Waals surface area contributed by atoms with Crippen LogP contribution in [0.5, 0.6) is 0 Å². The molecule has 0 spiro atoms. The molecule has 6 rings (SSSR count). The van der Waals surface area contributed by atoms with Crippen LogP contribution in [0, 0.1) is 23.7 Å². The van der Waals surface area contributed by atoms with Crippen LogP contribution in [0.1, 0.15) is 24.3 Å². The Balaban J connectivity index is 1.41. The minimum atomic E-state index is -0.157. The van der Waals surface area contributed by atoms with Crippen LogP contribution in [0.4, 0.5) is 5.69 Å². The highest BCUT2D eigenvalue weighted by Gasteiger charge is 2.64. The summed E-state index contributed by atoms with van der Waals surface area (Å²) >= 11 is 0. The molecule has 0 aromatic heterocycles. The molecule has 0 radical (unpaired) electrons. The summed E-state index contributed by atoms with van der Waals surface area (Å²) in [5, 5.41) is 2.03. The van der Waals surface area contributed by atoms with E-state index in [9.17, 15) is 9.59 Å². The average Bonchev–Trinajstić information content (AvgIpc) is 3.40. The van der Waals surface area contributed by atoms with Crippen molar-refractivity contribution in [1.82, 2.24) is 0 Å². The highest BCUT2D eigenvalue weighted by Crippen LogP contribution is 2.62. The van der Waals surface area contributed by atoms with E-state index in [1.165, 1.54) is 10.5 Å². The summed E-state index contributed by atoms with van der Waals surface area (Å²) in [6.07, 6.45) is 2.04. The molecule has 2 bridgehead atoms. The number of rotatable bonds is 2. The molecule has 3 aromatic rings. The fourth-order valence-electron chi connectivity index (χ4n) is 6.18. The summed E-state index contributed by atoms with van der Waals surface area (Å²) in [5.41, 5.74) is 2.07. The van der Waals surface area contributed by atoms with E-state index in [-0.39, 0.29) is 29.6 Å². The second-order valence-corrected chi connectivity index (χ2v) is 8.47. The zero-order valence-electron chi connectivity index (χ0n) is 15.5. The SMILES string of the molecule is O=C1[C@@H]2[C@H]3C[C@H](C[C@@H]3c3ccccc3)[C@@H]2C(=O)N1c1cccc2ccccc12. The quantitative estimate of drug-likeness (QED) is 0.612. The predicted molar refractivity (Wildman–Crippen MR) is 109 cm³/mol. The Labute approximate surface area is 164 Å². The Kier molecular flexibility index (Phi) is 3.31. The number of nitrogens with zero attached hydrogens (tertiary/aromatic N) is 1. The predicted octanol–water partition coefficient (Wildman–Crippen LogP) is 4.77. The number of benzene rings is 3. The first-order chi connectivity index (χ1) is 13.7. The standard InChI is InChI=1S/C25H21NO2/c27-24-22-17-13-19(16-7-2-1-3-8-16)20(14-17)23(22)25(28)26(24)21-12-6-10-15-9-4-5-11-18(15)21/h1-12,17,19-20,22-23H,13-14H2/t17-,19+,20-,22-,23+/m0/s1. The second-order valence-electron chi connectivity index (χ2n) is 8.47. The van der Waals surface area contributed by atoms with Crippen LogP contribution in [-0.4, -0.2) is 11.8 Å². The van der Waals surface area contributed by atoms with Gasteiger partial charge in [0.05, 0.1) is 17.5 Å². The lowest BCUT2D eigenvalue weighted by atomic mass is 9.73. The molecule has 2 aliphatic carbocycles. The summed E-state index contributed by atoms with van der Waals surface area (Å²) in [7, 11) is 0. The summed E-state index contributed by atoms with van der Waals surface area (Å²) in [4.78, 5) is 28.4. The maximum atomic E-state index is 13.5. The van der Waals surface area contributed by atoms with E-state index in [0.29, 0.717) is 11.8 Å². The fourth-order valence-corrected chi connectivity index (χ4v) is 6.18. The van der Waals surface area contributed by atoms with Gasteiger partial charge >= 0.3 is 0 Å². The smallest absolute Gasteiger partial charge is 0.238 e. The van der Waals surface area contributed by atoms with Gasteiger partial charge in [-0.05, 0) is 47.6 Å². The maximum absolute atomic E-state index is 13.5. The minimum absolute atomic E-state index is 0.0134. The minimum Gasteiger partial charge on any atom is -0.274 e. The zero-order valence-corrected chi connectivity index (χ0v) is 15.5. The van der Waals surface area contributed by atoms with Crippen molar-refractivity contribution in [2.75, 3.05) is 4.90 Å². The van der Waals surface area contributed by atoms with Crippen LogP contribution >= 0.6 is 0 Å². The Bertz CT molecular complexity index is 1100. The van der Waals surface area contributed by atoms with Gasteiger partial charge in [0.1, 0.15) is 0 Å². The number of hydrogen-bond acceptors (Lipinski definition) is 2. The van der Waals surface area contributed by atoms with Gasteiger partial charge in [-0.15, -0.1) is 0 Å². The van der Waals surface area contributed by atoms with Crippen molar-refractivity contribution in [2.45, 2.75) is 18.8 Å². The van der Waals surface area contributed by atoms with Gasteiger partial charge in [-0.25, -0.2) is 4.90 Å². The third-order valence-electron chi connectivity index (χ3n) is 7.25. The number of anilines is 1. The van der Waals surface area contributed by atoms with Crippen molar-refractivity contribution in [3.8, 4) is 0 Å². The van der Waals surface area contributed by atoms with Gasteiger partial charge in [0.2, 0.25) is 11.8 Å². The molecule has 3 aromatic carbocycles. The van der Waals surface area contributed by atoms with Crippen molar-refractivity contribution in [1.29, 1.82) is 0 Å². The monoisotopic (exact) mass is 367 g/mol.